The van der Waals surface area contributed by atoms with Crippen molar-refractivity contribution in [1.82, 2.24) is 4.90 Å². The second kappa shape index (κ2) is 8.55. The standard InChI is InChI=1S/C21H20ClNO3S/c1-23(21(24)17-5-3-4-15(12-17)14-27(2)25)13-19-10-11-20(26-19)16-6-8-18(22)9-7-16/h3-12H,13-14H2,1-2H3/t27-/m1/s1. The lowest BCUT2D eigenvalue weighted by Gasteiger charge is -2.16. The highest BCUT2D eigenvalue weighted by Gasteiger charge is 2.15. The Morgan fingerprint density at radius 2 is 1.85 bits per heavy atom. The third-order valence-electron chi connectivity index (χ3n) is 4.07. The summed E-state index contributed by atoms with van der Waals surface area (Å²) in [6.07, 6.45) is 1.65. The molecule has 0 spiro atoms. The molecular weight excluding hydrogens is 382 g/mol. The Kier molecular flexibility index (Phi) is 6.14. The third kappa shape index (κ3) is 5.08. The second-order valence-electron chi connectivity index (χ2n) is 6.35. The zero-order valence-corrected chi connectivity index (χ0v) is 16.7. The number of rotatable bonds is 6. The molecule has 140 valence electrons. The zero-order chi connectivity index (χ0) is 19.4. The van der Waals surface area contributed by atoms with E-state index in [0.717, 1.165) is 16.9 Å². The van der Waals surface area contributed by atoms with Crippen molar-refractivity contribution in [2.75, 3.05) is 13.3 Å². The van der Waals surface area contributed by atoms with Crippen LogP contribution in [0.5, 0.6) is 0 Å². The maximum atomic E-state index is 12.7. The van der Waals surface area contributed by atoms with Gasteiger partial charge in [-0.05, 0) is 54.1 Å². The summed E-state index contributed by atoms with van der Waals surface area (Å²) in [4.78, 5) is 14.3. The lowest BCUT2D eigenvalue weighted by Crippen LogP contribution is -2.26. The zero-order valence-electron chi connectivity index (χ0n) is 15.1. The van der Waals surface area contributed by atoms with Crippen molar-refractivity contribution in [2.24, 2.45) is 0 Å². The van der Waals surface area contributed by atoms with E-state index in [1.54, 1.807) is 30.3 Å². The molecule has 1 aromatic heterocycles. The fourth-order valence-corrected chi connectivity index (χ4v) is 3.56. The smallest absolute Gasteiger partial charge is 0.254 e. The van der Waals surface area contributed by atoms with Crippen LogP contribution in [0.15, 0.2) is 65.1 Å². The minimum absolute atomic E-state index is 0.108. The summed E-state index contributed by atoms with van der Waals surface area (Å²) in [5.41, 5.74) is 2.39. The number of hydrogen-bond donors (Lipinski definition) is 0. The normalized spacial score (nSPS) is 12.0. The molecule has 0 saturated heterocycles. The molecular formula is C21H20ClNO3S. The van der Waals surface area contributed by atoms with Crippen molar-refractivity contribution in [3.63, 3.8) is 0 Å². The quantitative estimate of drug-likeness (QED) is 0.598. The average molecular weight is 402 g/mol. The Bertz CT molecular complexity index is 966. The Hall–Kier alpha value is -2.37. The van der Waals surface area contributed by atoms with Crippen molar-refractivity contribution < 1.29 is 13.4 Å². The molecule has 0 aliphatic carbocycles. The highest BCUT2D eigenvalue weighted by atomic mass is 35.5. The first kappa shape index (κ1) is 19.4. The van der Waals surface area contributed by atoms with E-state index in [0.29, 0.717) is 28.6 Å². The summed E-state index contributed by atoms with van der Waals surface area (Å²) in [5, 5.41) is 0.671. The van der Waals surface area contributed by atoms with Crippen LogP contribution < -0.4 is 0 Å². The molecule has 0 unspecified atom stereocenters. The first-order valence-corrected chi connectivity index (χ1v) is 10.5. The van der Waals surface area contributed by atoms with Crippen molar-refractivity contribution in [3.8, 4) is 11.3 Å². The van der Waals surface area contributed by atoms with E-state index in [-0.39, 0.29) is 5.91 Å². The van der Waals surface area contributed by atoms with E-state index in [2.05, 4.69) is 0 Å². The van der Waals surface area contributed by atoms with Crippen molar-refractivity contribution in [1.29, 1.82) is 0 Å². The third-order valence-corrected chi connectivity index (χ3v) is 5.07. The molecule has 3 rings (SSSR count). The molecule has 0 aliphatic rings. The summed E-state index contributed by atoms with van der Waals surface area (Å²) in [5.74, 6) is 1.76. The summed E-state index contributed by atoms with van der Waals surface area (Å²) in [6, 6.07) is 18.4. The van der Waals surface area contributed by atoms with Crippen LogP contribution in [0, 0.1) is 0 Å². The van der Waals surface area contributed by atoms with Crippen LogP contribution in [0.4, 0.5) is 0 Å². The Balaban J connectivity index is 1.70. The Morgan fingerprint density at radius 1 is 1.11 bits per heavy atom. The molecule has 0 saturated carbocycles. The molecule has 1 amide bonds. The van der Waals surface area contributed by atoms with E-state index in [9.17, 15) is 9.00 Å². The van der Waals surface area contributed by atoms with Gasteiger partial charge in [0.2, 0.25) is 0 Å². The molecule has 1 heterocycles. The molecule has 0 bridgehead atoms. The van der Waals surface area contributed by atoms with Crippen molar-refractivity contribution in [3.05, 3.63) is 82.6 Å². The maximum absolute atomic E-state index is 12.7. The lowest BCUT2D eigenvalue weighted by atomic mass is 10.1. The van der Waals surface area contributed by atoms with E-state index in [1.807, 2.05) is 48.5 Å². The van der Waals surface area contributed by atoms with E-state index < -0.39 is 10.8 Å². The predicted octanol–water partition coefficient (Wildman–Crippen LogP) is 4.75. The highest BCUT2D eigenvalue weighted by molar-refractivity contribution is 7.83. The summed E-state index contributed by atoms with van der Waals surface area (Å²) in [7, 11) is 0.788. The number of furan rings is 1. The maximum Gasteiger partial charge on any atom is 0.254 e. The molecule has 1 atom stereocenters. The second-order valence-corrected chi connectivity index (χ2v) is 8.22. The first-order chi connectivity index (χ1) is 12.9. The molecule has 0 aliphatic heterocycles. The van der Waals surface area contributed by atoms with Crippen LogP contribution >= 0.6 is 11.6 Å². The summed E-state index contributed by atoms with van der Waals surface area (Å²) in [6.45, 7) is 0.357. The summed E-state index contributed by atoms with van der Waals surface area (Å²) >= 11 is 5.91. The van der Waals surface area contributed by atoms with Gasteiger partial charge in [0.25, 0.3) is 5.91 Å². The van der Waals surface area contributed by atoms with Crippen LogP contribution in [0.3, 0.4) is 0 Å². The van der Waals surface area contributed by atoms with Crippen LogP contribution in [-0.2, 0) is 23.1 Å². The van der Waals surface area contributed by atoms with E-state index in [1.165, 1.54) is 0 Å². The van der Waals surface area contributed by atoms with Gasteiger partial charge in [0.1, 0.15) is 11.5 Å². The van der Waals surface area contributed by atoms with E-state index >= 15 is 0 Å². The monoisotopic (exact) mass is 401 g/mol. The molecule has 6 heteroatoms. The van der Waals surface area contributed by atoms with Crippen LogP contribution in [0.1, 0.15) is 21.7 Å². The Morgan fingerprint density at radius 3 is 2.56 bits per heavy atom. The number of carbonyl (C=O) groups excluding carboxylic acids is 1. The lowest BCUT2D eigenvalue weighted by molar-refractivity contribution is 0.0775. The number of hydrogen-bond acceptors (Lipinski definition) is 3. The molecule has 0 fully saturated rings. The highest BCUT2D eigenvalue weighted by Crippen LogP contribution is 2.24. The molecule has 4 nitrogen and oxygen atoms in total. The minimum Gasteiger partial charge on any atom is -0.459 e. The summed E-state index contributed by atoms with van der Waals surface area (Å²) < 4.78 is 17.3. The van der Waals surface area contributed by atoms with E-state index in [4.69, 9.17) is 16.0 Å². The number of amides is 1. The largest absolute Gasteiger partial charge is 0.459 e. The van der Waals surface area contributed by atoms with Crippen molar-refractivity contribution >= 4 is 28.3 Å². The minimum atomic E-state index is -0.945. The van der Waals surface area contributed by atoms with Crippen LogP contribution in [-0.4, -0.2) is 28.3 Å². The van der Waals surface area contributed by atoms with Gasteiger partial charge in [-0.15, -0.1) is 0 Å². The van der Waals surface area contributed by atoms with Gasteiger partial charge >= 0.3 is 0 Å². The molecule has 0 N–H and O–H groups in total. The van der Waals surface area contributed by atoms with Gasteiger partial charge in [-0.1, -0.05) is 23.7 Å². The van der Waals surface area contributed by atoms with Crippen molar-refractivity contribution in [2.45, 2.75) is 12.3 Å². The topological polar surface area (TPSA) is 50.5 Å². The van der Waals surface area contributed by atoms with Gasteiger partial charge < -0.3 is 9.32 Å². The van der Waals surface area contributed by atoms with Gasteiger partial charge in [0, 0.05) is 46.0 Å². The first-order valence-electron chi connectivity index (χ1n) is 8.41. The molecule has 0 radical (unpaired) electrons. The number of benzene rings is 2. The number of nitrogens with zero attached hydrogens (tertiary/aromatic N) is 1. The predicted molar refractivity (Wildman–Crippen MR) is 109 cm³/mol. The molecule has 2 aromatic carbocycles. The fourth-order valence-electron chi connectivity index (χ4n) is 2.79. The average Bonchev–Trinajstić information content (AvgIpc) is 3.09. The SMILES string of the molecule is CN(Cc1ccc(-c2ccc(Cl)cc2)o1)C(=O)c1cccc(C[S@@](C)=O)c1. The van der Waals surface area contributed by atoms with Gasteiger partial charge in [-0.25, -0.2) is 0 Å². The molecule has 27 heavy (non-hydrogen) atoms. The van der Waals surface area contributed by atoms with Crippen LogP contribution in [0.25, 0.3) is 11.3 Å². The number of carbonyl (C=O) groups is 1. The van der Waals surface area contributed by atoms with Gasteiger partial charge in [0.05, 0.1) is 6.54 Å². The van der Waals surface area contributed by atoms with Crippen LogP contribution in [0.2, 0.25) is 5.02 Å². The van der Waals surface area contributed by atoms with Gasteiger partial charge in [0.15, 0.2) is 0 Å². The van der Waals surface area contributed by atoms with Gasteiger partial charge in [-0.3, -0.25) is 9.00 Å². The fraction of sp³-hybridized carbons (Fsp3) is 0.190. The van der Waals surface area contributed by atoms with Gasteiger partial charge in [-0.2, -0.15) is 0 Å². The Labute approximate surface area is 166 Å². The number of halogens is 1. The molecule has 3 aromatic rings.